The van der Waals surface area contributed by atoms with Gasteiger partial charge in [0.2, 0.25) is 0 Å². The molecule has 1 aromatic rings. The fourth-order valence-electron chi connectivity index (χ4n) is 0.819. The fourth-order valence-corrected chi connectivity index (χ4v) is 0.819. The second-order valence-electron chi connectivity index (χ2n) is 2.46. The summed E-state index contributed by atoms with van der Waals surface area (Å²) in [6, 6.07) is 5.54. The van der Waals surface area contributed by atoms with Crippen molar-refractivity contribution in [1.82, 2.24) is 9.99 Å². The molecule has 1 rings (SSSR count). The normalized spacial score (nSPS) is 11.3. The highest BCUT2D eigenvalue weighted by atomic mass is 15.4. The van der Waals surface area contributed by atoms with E-state index in [-0.39, 0.29) is 0 Å². The zero-order valence-electron chi connectivity index (χ0n) is 6.94. The first-order valence-corrected chi connectivity index (χ1v) is 3.56. The Kier molecular flexibility index (Phi) is 2.66. The van der Waals surface area contributed by atoms with Gasteiger partial charge in [0.15, 0.2) is 0 Å². The van der Waals surface area contributed by atoms with Crippen LogP contribution < -0.4 is 11.6 Å². The molecule has 0 bridgehead atoms. The molecule has 0 aliphatic carbocycles. The molecule has 0 atom stereocenters. The summed E-state index contributed by atoms with van der Waals surface area (Å²) in [4.78, 5) is 4.06. The largest absolute Gasteiger partial charge is 0.396 e. The van der Waals surface area contributed by atoms with Gasteiger partial charge in [0, 0.05) is 19.4 Å². The van der Waals surface area contributed by atoms with Crippen LogP contribution >= 0.6 is 0 Å². The van der Waals surface area contributed by atoms with Crippen molar-refractivity contribution >= 4 is 5.70 Å². The van der Waals surface area contributed by atoms with Gasteiger partial charge < -0.3 is 10.7 Å². The van der Waals surface area contributed by atoms with Gasteiger partial charge in [-0.25, -0.2) is 5.84 Å². The Bertz CT molecular complexity index is 266. The molecule has 1 heterocycles. The maximum Gasteiger partial charge on any atom is 0.0874 e. The van der Waals surface area contributed by atoms with E-state index < -0.39 is 0 Å². The van der Waals surface area contributed by atoms with Crippen molar-refractivity contribution in [2.45, 2.75) is 0 Å². The Morgan fingerprint density at radius 1 is 1.58 bits per heavy atom. The summed E-state index contributed by atoms with van der Waals surface area (Å²) in [6.07, 6.45) is 3.30. The predicted molar refractivity (Wildman–Crippen MR) is 48.4 cm³/mol. The number of rotatable bonds is 2. The molecule has 4 heteroatoms. The molecule has 4 N–H and O–H groups in total. The van der Waals surface area contributed by atoms with Crippen molar-refractivity contribution in [2.75, 3.05) is 7.05 Å². The lowest BCUT2D eigenvalue weighted by Gasteiger charge is -2.06. The average molecular weight is 164 g/mol. The lowest BCUT2D eigenvalue weighted by atomic mass is 10.3. The third-order valence-electron chi connectivity index (χ3n) is 1.30. The standard InChI is InChI=1S/C8H12N4/c1-12(10)6-7(9)8-4-2-3-5-11-8/h2-6H,9-10H2,1H3/b7-6-. The Morgan fingerprint density at radius 3 is 2.83 bits per heavy atom. The van der Waals surface area contributed by atoms with Crippen LogP contribution in [0.25, 0.3) is 5.70 Å². The van der Waals surface area contributed by atoms with Gasteiger partial charge in [-0.1, -0.05) is 6.07 Å². The van der Waals surface area contributed by atoms with Crippen LogP contribution in [0.5, 0.6) is 0 Å². The molecule has 0 aliphatic heterocycles. The first-order valence-electron chi connectivity index (χ1n) is 3.56. The van der Waals surface area contributed by atoms with E-state index in [2.05, 4.69) is 4.98 Å². The highest BCUT2D eigenvalue weighted by Gasteiger charge is 1.95. The summed E-state index contributed by atoms with van der Waals surface area (Å²) in [5.41, 5.74) is 6.96. The minimum atomic E-state index is 0.556. The Labute approximate surface area is 71.5 Å². The third kappa shape index (κ3) is 2.25. The molecule has 0 saturated carbocycles. The van der Waals surface area contributed by atoms with Gasteiger partial charge in [0.25, 0.3) is 0 Å². The molecule has 0 fully saturated rings. The minimum Gasteiger partial charge on any atom is -0.396 e. The van der Waals surface area contributed by atoms with Crippen LogP contribution in [0.3, 0.4) is 0 Å². The number of nitrogens with two attached hydrogens (primary N) is 2. The van der Waals surface area contributed by atoms with Gasteiger partial charge in [-0.3, -0.25) is 4.98 Å². The molecule has 12 heavy (non-hydrogen) atoms. The van der Waals surface area contributed by atoms with E-state index in [1.807, 2.05) is 18.2 Å². The van der Waals surface area contributed by atoms with Gasteiger partial charge in [-0.15, -0.1) is 0 Å². The second kappa shape index (κ2) is 3.73. The van der Waals surface area contributed by atoms with E-state index in [1.165, 1.54) is 5.01 Å². The molecule has 0 unspecified atom stereocenters. The lowest BCUT2D eigenvalue weighted by Crippen LogP contribution is -2.20. The SMILES string of the molecule is CN(N)/C=C(\N)c1ccccn1. The summed E-state index contributed by atoms with van der Waals surface area (Å²) >= 11 is 0. The Balaban J connectivity index is 2.85. The summed E-state index contributed by atoms with van der Waals surface area (Å²) < 4.78 is 0. The van der Waals surface area contributed by atoms with Gasteiger partial charge >= 0.3 is 0 Å². The second-order valence-corrected chi connectivity index (χ2v) is 2.46. The van der Waals surface area contributed by atoms with E-state index in [4.69, 9.17) is 11.6 Å². The van der Waals surface area contributed by atoms with Gasteiger partial charge in [-0.2, -0.15) is 0 Å². The van der Waals surface area contributed by atoms with E-state index in [1.54, 1.807) is 19.4 Å². The molecule has 4 nitrogen and oxygen atoms in total. The van der Waals surface area contributed by atoms with Crippen LogP contribution in [0, 0.1) is 0 Å². The van der Waals surface area contributed by atoms with Gasteiger partial charge in [-0.05, 0) is 12.1 Å². The van der Waals surface area contributed by atoms with Crippen LogP contribution in [0.2, 0.25) is 0 Å². The summed E-state index contributed by atoms with van der Waals surface area (Å²) in [6.45, 7) is 0. The maximum atomic E-state index is 5.67. The number of hydrogen-bond donors (Lipinski definition) is 2. The molecule has 64 valence electrons. The van der Waals surface area contributed by atoms with Crippen molar-refractivity contribution in [3.8, 4) is 0 Å². The van der Waals surface area contributed by atoms with E-state index in [9.17, 15) is 0 Å². The highest BCUT2D eigenvalue weighted by Crippen LogP contribution is 2.02. The van der Waals surface area contributed by atoms with Crippen LogP contribution in [0.4, 0.5) is 0 Å². The summed E-state index contributed by atoms with van der Waals surface area (Å²) in [5, 5.41) is 1.39. The number of aromatic nitrogens is 1. The molecular formula is C8H12N4. The Hall–Kier alpha value is -1.55. The van der Waals surface area contributed by atoms with Crippen LogP contribution in [0.1, 0.15) is 5.69 Å². The van der Waals surface area contributed by atoms with Crippen molar-refractivity contribution in [3.63, 3.8) is 0 Å². The molecule has 0 radical (unpaired) electrons. The number of hydrazine groups is 1. The quantitative estimate of drug-likeness (QED) is 0.482. The highest BCUT2D eigenvalue weighted by molar-refractivity contribution is 5.58. The van der Waals surface area contributed by atoms with Crippen molar-refractivity contribution in [3.05, 3.63) is 36.3 Å². The molecule has 0 aliphatic rings. The monoisotopic (exact) mass is 164 g/mol. The minimum absolute atomic E-state index is 0.556. The van der Waals surface area contributed by atoms with Crippen molar-refractivity contribution < 1.29 is 0 Å². The summed E-state index contributed by atoms with van der Waals surface area (Å²) in [5.74, 6) is 5.38. The Morgan fingerprint density at radius 2 is 2.33 bits per heavy atom. The zero-order valence-corrected chi connectivity index (χ0v) is 6.94. The smallest absolute Gasteiger partial charge is 0.0874 e. The molecule has 0 aromatic carbocycles. The fraction of sp³-hybridized carbons (Fsp3) is 0.125. The van der Waals surface area contributed by atoms with Crippen molar-refractivity contribution in [2.24, 2.45) is 11.6 Å². The first kappa shape index (κ1) is 8.55. The zero-order chi connectivity index (χ0) is 8.97. The van der Waals surface area contributed by atoms with E-state index in [0.29, 0.717) is 5.70 Å². The molecule has 0 spiro atoms. The molecule has 0 amide bonds. The predicted octanol–water partition coefficient (Wildman–Crippen LogP) is 0.144. The number of hydrogen-bond acceptors (Lipinski definition) is 4. The molecule has 0 saturated heterocycles. The molecular weight excluding hydrogens is 152 g/mol. The lowest BCUT2D eigenvalue weighted by molar-refractivity contribution is 0.485. The van der Waals surface area contributed by atoms with Crippen LogP contribution in [-0.2, 0) is 0 Å². The van der Waals surface area contributed by atoms with Gasteiger partial charge in [0.05, 0.1) is 11.4 Å². The first-order chi connectivity index (χ1) is 5.70. The maximum absolute atomic E-state index is 5.67. The van der Waals surface area contributed by atoms with E-state index in [0.717, 1.165) is 5.69 Å². The van der Waals surface area contributed by atoms with Gasteiger partial charge in [0.1, 0.15) is 0 Å². The topological polar surface area (TPSA) is 68.2 Å². The van der Waals surface area contributed by atoms with E-state index >= 15 is 0 Å². The number of nitrogens with zero attached hydrogens (tertiary/aromatic N) is 2. The number of pyridine rings is 1. The third-order valence-corrected chi connectivity index (χ3v) is 1.30. The molecule has 1 aromatic heterocycles. The van der Waals surface area contributed by atoms with Crippen LogP contribution in [0.15, 0.2) is 30.6 Å². The average Bonchev–Trinajstić information content (AvgIpc) is 2.05. The summed E-state index contributed by atoms with van der Waals surface area (Å²) in [7, 11) is 1.70. The van der Waals surface area contributed by atoms with Crippen molar-refractivity contribution in [1.29, 1.82) is 0 Å². The van der Waals surface area contributed by atoms with Crippen LogP contribution in [-0.4, -0.2) is 17.0 Å².